The van der Waals surface area contributed by atoms with Gasteiger partial charge in [0.2, 0.25) is 0 Å². The number of fused-ring (bicyclic) bond motifs is 11. The lowest BCUT2D eigenvalue weighted by molar-refractivity contribution is 0.660. The predicted octanol–water partition coefficient (Wildman–Crippen LogP) is 14.1. The molecule has 0 fully saturated rings. The maximum Gasteiger partial charge on any atom is 0.0159 e. The fourth-order valence-corrected chi connectivity index (χ4v) is 9.73. The first kappa shape index (κ1) is 30.1. The van der Waals surface area contributed by atoms with E-state index in [0.717, 1.165) is 5.57 Å². The summed E-state index contributed by atoms with van der Waals surface area (Å²) in [5, 5.41) is 7.83. The number of hydrogen-bond donors (Lipinski definition) is 0. The summed E-state index contributed by atoms with van der Waals surface area (Å²) in [6, 6.07) is 52.8. The highest BCUT2D eigenvalue weighted by Crippen LogP contribution is 2.59. The van der Waals surface area contributed by atoms with Crippen LogP contribution in [0.3, 0.4) is 0 Å². The zero-order valence-electron chi connectivity index (χ0n) is 30.0. The van der Waals surface area contributed by atoms with E-state index < -0.39 is 0 Å². The molecule has 8 aromatic rings. The van der Waals surface area contributed by atoms with Crippen molar-refractivity contribution in [1.29, 1.82) is 0 Å². The Morgan fingerprint density at radius 2 is 0.882 bits per heavy atom. The van der Waals surface area contributed by atoms with Gasteiger partial charge in [-0.3, -0.25) is 0 Å². The van der Waals surface area contributed by atoms with Crippen molar-refractivity contribution < 1.29 is 0 Å². The van der Waals surface area contributed by atoms with E-state index in [4.69, 9.17) is 0 Å². The minimum Gasteiger partial charge on any atom is -0.0955 e. The molecule has 2 aliphatic rings. The molecule has 0 unspecified atom stereocenters. The van der Waals surface area contributed by atoms with Gasteiger partial charge in [-0.1, -0.05) is 173 Å². The van der Waals surface area contributed by atoms with E-state index in [1.165, 1.54) is 105 Å². The Balaban J connectivity index is 1.40. The monoisotopic (exact) mass is 652 g/mol. The predicted molar refractivity (Wildman–Crippen MR) is 220 cm³/mol. The van der Waals surface area contributed by atoms with Gasteiger partial charge < -0.3 is 0 Å². The summed E-state index contributed by atoms with van der Waals surface area (Å²) in [6.45, 7) is 15.9. The van der Waals surface area contributed by atoms with E-state index in [1.54, 1.807) is 0 Å². The SMILES string of the molecule is C=C(C)c1ccc(-c2c3ccccc3c(-c3cc4c(c5c6c(ccc35)C(C)(C)c3ccccc3-6)-c3ccccc3C4(C)C)c3ccccc23)cc1. The molecule has 0 atom stereocenters. The zero-order valence-corrected chi connectivity index (χ0v) is 30.0. The molecule has 51 heavy (non-hydrogen) atoms. The summed E-state index contributed by atoms with van der Waals surface area (Å²) >= 11 is 0. The molecule has 10 rings (SSSR count). The van der Waals surface area contributed by atoms with Crippen LogP contribution in [-0.4, -0.2) is 0 Å². The van der Waals surface area contributed by atoms with Gasteiger partial charge in [0.25, 0.3) is 0 Å². The lowest BCUT2D eigenvalue weighted by Gasteiger charge is -2.26. The van der Waals surface area contributed by atoms with Crippen LogP contribution in [0.5, 0.6) is 0 Å². The third kappa shape index (κ3) is 3.97. The van der Waals surface area contributed by atoms with Crippen LogP contribution in [0.15, 0.2) is 146 Å². The zero-order chi connectivity index (χ0) is 34.8. The first-order valence-electron chi connectivity index (χ1n) is 18.2. The molecule has 0 nitrogen and oxygen atoms in total. The minimum absolute atomic E-state index is 0.0859. The molecule has 0 spiro atoms. The molecule has 0 saturated heterocycles. The Hall–Kier alpha value is -5.72. The van der Waals surface area contributed by atoms with Crippen LogP contribution < -0.4 is 0 Å². The van der Waals surface area contributed by atoms with E-state index in [1.807, 2.05) is 0 Å². The Morgan fingerprint density at radius 3 is 1.43 bits per heavy atom. The van der Waals surface area contributed by atoms with Gasteiger partial charge in [-0.25, -0.2) is 0 Å². The highest BCUT2D eigenvalue weighted by molar-refractivity contribution is 6.26. The summed E-state index contributed by atoms with van der Waals surface area (Å²) < 4.78 is 0. The Kier molecular flexibility index (Phi) is 6.15. The van der Waals surface area contributed by atoms with E-state index in [0.29, 0.717) is 0 Å². The average molecular weight is 653 g/mol. The van der Waals surface area contributed by atoms with Crippen molar-refractivity contribution in [3.63, 3.8) is 0 Å². The molecule has 2 aliphatic carbocycles. The number of rotatable bonds is 3. The summed E-state index contributed by atoms with van der Waals surface area (Å²) in [6.07, 6.45) is 0. The second-order valence-corrected chi connectivity index (χ2v) is 15.8. The van der Waals surface area contributed by atoms with Crippen molar-refractivity contribution in [3.8, 4) is 44.5 Å². The molecule has 0 amide bonds. The smallest absolute Gasteiger partial charge is 0.0159 e. The highest BCUT2D eigenvalue weighted by atomic mass is 14.4. The van der Waals surface area contributed by atoms with Crippen molar-refractivity contribution in [3.05, 3.63) is 174 Å². The van der Waals surface area contributed by atoms with Gasteiger partial charge in [0.15, 0.2) is 0 Å². The molecular formula is C51H40. The molecule has 0 radical (unpaired) electrons. The Morgan fingerprint density at radius 1 is 0.412 bits per heavy atom. The van der Waals surface area contributed by atoms with E-state index in [-0.39, 0.29) is 10.8 Å². The van der Waals surface area contributed by atoms with Gasteiger partial charge in [0, 0.05) is 10.8 Å². The summed E-state index contributed by atoms with van der Waals surface area (Å²) in [4.78, 5) is 0. The molecule has 0 aliphatic heterocycles. The number of allylic oxidation sites excluding steroid dienone is 1. The van der Waals surface area contributed by atoms with Gasteiger partial charge in [-0.15, -0.1) is 0 Å². The van der Waals surface area contributed by atoms with Crippen LogP contribution in [-0.2, 0) is 10.8 Å². The topological polar surface area (TPSA) is 0 Å². The van der Waals surface area contributed by atoms with E-state index in [9.17, 15) is 0 Å². The summed E-state index contributed by atoms with van der Waals surface area (Å²) in [5.41, 5.74) is 18.4. The van der Waals surface area contributed by atoms with Gasteiger partial charge in [0.1, 0.15) is 0 Å². The number of hydrogen-bond acceptors (Lipinski definition) is 0. The third-order valence-corrected chi connectivity index (χ3v) is 12.3. The van der Waals surface area contributed by atoms with Gasteiger partial charge >= 0.3 is 0 Å². The molecule has 0 heteroatoms. The molecule has 0 bridgehead atoms. The van der Waals surface area contributed by atoms with Gasteiger partial charge in [-0.2, -0.15) is 0 Å². The lowest BCUT2D eigenvalue weighted by Crippen LogP contribution is -2.15. The van der Waals surface area contributed by atoms with Gasteiger partial charge in [-0.05, 0) is 118 Å². The van der Waals surface area contributed by atoms with E-state index >= 15 is 0 Å². The van der Waals surface area contributed by atoms with Crippen LogP contribution in [0.1, 0.15) is 62.4 Å². The molecule has 244 valence electrons. The second kappa shape index (κ2) is 10.4. The standard InChI is InChI=1S/C51H40/c1-30(2)31-23-25-32(26-24-31)45-33-15-7-9-17-35(33)46(36-18-10-8-16-34(36)45)40-29-44-48(39-20-12-14-22-42(39)51(44,5)6)49-37(40)27-28-43-47(49)38-19-11-13-21-41(38)50(43,3)4/h7-29H,1H2,2-6H3. The maximum absolute atomic E-state index is 4.19. The van der Waals surface area contributed by atoms with Crippen molar-refractivity contribution >= 4 is 37.9 Å². The van der Waals surface area contributed by atoms with Crippen molar-refractivity contribution in [2.75, 3.05) is 0 Å². The molecule has 0 N–H and O–H groups in total. The number of benzene rings is 8. The molecule has 0 saturated carbocycles. The third-order valence-electron chi connectivity index (χ3n) is 12.3. The lowest BCUT2D eigenvalue weighted by atomic mass is 9.77. The highest BCUT2D eigenvalue weighted by Gasteiger charge is 2.41. The fourth-order valence-electron chi connectivity index (χ4n) is 9.73. The molecule has 8 aromatic carbocycles. The van der Waals surface area contributed by atoms with Crippen LogP contribution in [0.4, 0.5) is 0 Å². The minimum atomic E-state index is -0.151. The van der Waals surface area contributed by atoms with Crippen molar-refractivity contribution in [2.24, 2.45) is 0 Å². The van der Waals surface area contributed by atoms with Crippen LogP contribution >= 0.6 is 0 Å². The first-order chi connectivity index (χ1) is 24.7. The summed E-state index contributed by atoms with van der Waals surface area (Å²) in [7, 11) is 0. The van der Waals surface area contributed by atoms with E-state index in [2.05, 4.69) is 181 Å². The van der Waals surface area contributed by atoms with Gasteiger partial charge in [0.05, 0.1) is 0 Å². The quantitative estimate of drug-likeness (QED) is 0.167. The molecule has 0 aromatic heterocycles. The molecule has 0 heterocycles. The fraction of sp³-hybridized carbons (Fsp3) is 0.137. The van der Waals surface area contributed by atoms with Crippen LogP contribution in [0.2, 0.25) is 0 Å². The second-order valence-electron chi connectivity index (χ2n) is 15.8. The van der Waals surface area contributed by atoms with Crippen LogP contribution in [0, 0.1) is 0 Å². The van der Waals surface area contributed by atoms with Crippen LogP contribution in [0.25, 0.3) is 82.4 Å². The normalized spacial score (nSPS) is 14.8. The Labute approximate surface area is 300 Å². The Bertz CT molecular complexity index is 2730. The summed E-state index contributed by atoms with van der Waals surface area (Å²) in [5.74, 6) is 0. The molecular weight excluding hydrogens is 613 g/mol. The van der Waals surface area contributed by atoms with Crippen molar-refractivity contribution in [2.45, 2.75) is 45.4 Å². The average Bonchev–Trinajstić information content (AvgIpc) is 3.53. The largest absolute Gasteiger partial charge is 0.0955 e. The van der Waals surface area contributed by atoms with Crippen molar-refractivity contribution in [1.82, 2.24) is 0 Å². The first-order valence-corrected chi connectivity index (χ1v) is 18.2. The maximum atomic E-state index is 4.19.